The molecule has 0 unspecified atom stereocenters. The molecule has 0 N–H and O–H groups in total. The van der Waals surface area contributed by atoms with Crippen molar-refractivity contribution in [1.29, 1.82) is 0 Å². The Bertz CT molecular complexity index is 236. The molecule has 0 heterocycles. The summed E-state index contributed by atoms with van der Waals surface area (Å²) in [6.07, 6.45) is 0. The zero-order valence-electron chi connectivity index (χ0n) is 11.7. The first-order chi connectivity index (χ1) is 6.12. The third kappa shape index (κ3) is 36.6. The van der Waals surface area contributed by atoms with Crippen LogP contribution in [0.5, 0.6) is 0 Å². The largest absolute Gasteiger partial charge is 1.00 e. The standard InChI is InChI=1S/2C6H11Si.Cu.Li/c2*1-5-6-7(2,3)4;;/h2*1H2,2-4H3;;/q2*-1;2*+1. The molecule has 0 bridgehead atoms. The predicted octanol–water partition coefficient (Wildman–Crippen LogP) is 0.404. The minimum atomic E-state index is -1.08. The van der Waals surface area contributed by atoms with Crippen LogP contribution in [-0.4, -0.2) is 16.1 Å². The van der Waals surface area contributed by atoms with Crippen LogP contribution < -0.4 is 18.9 Å². The molecule has 0 aliphatic rings. The third-order valence-corrected chi connectivity index (χ3v) is 2.78. The Morgan fingerprint density at radius 1 is 0.688 bits per heavy atom. The Kier molecular flexibility index (Phi) is 18.8. The van der Waals surface area contributed by atoms with Gasteiger partial charge in [-0.15, -0.1) is 0 Å². The summed E-state index contributed by atoms with van der Waals surface area (Å²) in [6.45, 7) is 20.1. The van der Waals surface area contributed by atoms with E-state index in [1.807, 2.05) is 0 Å². The summed E-state index contributed by atoms with van der Waals surface area (Å²) in [4.78, 5) is 0. The number of rotatable bonds is 0. The van der Waals surface area contributed by atoms with Crippen molar-refractivity contribution in [1.82, 2.24) is 0 Å². The molecule has 16 heavy (non-hydrogen) atoms. The van der Waals surface area contributed by atoms with Crippen molar-refractivity contribution in [3.8, 4) is 22.9 Å². The van der Waals surface area contributed by atoms with Crippen molar-refractivity contribution < 1.29 is 35.9 Å². The quantitative estimate of drug-likeness (QED) is 0.345. The Morgan fingerprint density at radius 2 is 0.875 bits per heavy atom. The molecule has 0 amide bonds. The summed E-state index contributed by atoms with van der Waals surface area (Å²) in [5.74, 6) is 5.34. The zero-order valence-corrected chi connectivity index (χ0v) is 14.7. The van der Waals surface area contributed by atoms with Crippen LogP contribution in [0.4, 0.5) is 0 Å². The molecule has 0 rings (SSSR count). The summed E-state index contributed by atoms with van der Waals surface area (Å²) < 4.78 is 0. The molecule has 0 atom stereocenters. The SMILES string of the molecule is [CH2-]C#C[Si](C)(C)C.[CH2-]C#C[Si](C)(C)C.[Cu+].[Li+]. The molecule has 0 aromatic heterocycles. The van der Waals surface area contributed by atoms with Gasteiger partial charge in [-0.2, -0.15) is 13.8 Å². The van der Waals surface area contributed by atoms with Crippen LogP contribution in [0, 0.1) is 36.8 Å². The number of hydrogen-bond donors (Lipinski definition) is 0. The Morgan fingerprint density at radius 3 is 0.875 bits per heavy atom. The Hall–Kier alpha value is 0.411. The maximum absolute atomic E-state index is 3.44. The van der Waals surface area contributed by atoms with Gasteiger partial charge < -0.3 is 11.1 Å². The van der Waals surface area contributed by atoms with Gasteiger partial charge in [-0.1, -0.05) is 39.3 Å². The molecule has 0 aromatic carbocycles. The van der Waals surface area contributed by atoms with E-state index in [-0.39, 0.29) is 35.9 Å². The molecule has 0 fully saturated rings. The van der Waals surface area contributed by atoms with Crippen molar-refractivity contribution >= 4 is 16.1 Å². The minimum absolute atomic E-state index is 0. The van der Waals surface area contributed by atoms with E-state index in [2.05, 4.69) is 76.1 Å². The molecule has 0 aromatic rings. The molecule has 0 saturated heterocycles. The van der Waals surface area contributed by atoms with E-state index in [9.17, 15) is 0 Å². The minimum Gasteiger partial charge on any atom is -0.333 e. The third-order valence-electron chi connectivity index (χ3n) is 0.927. The maximum atomic E-state index is 3.44. The summed E-state index contributed by atoms with van der Waals surface area (Å²) in [6, 6.07) is 0. The van der Waals surface area contributed by atoms with Gasteiger partial charge in [-0.05, 0) is 0 Å². The molecular formula is C12H22CuLiSi2. The van der Waals surface area contributed by atoms with E-state index >= 15 is 0 Å². The van der Waals surface area contributed by atoms with Gasteiger partial charge in [0.05, 0.1) is 0 Å². The monoisotopic (exact) mass is 292 g/mol. The molecule has 0 aliphatic carbocycles. The zero-order chi connectivity index (χ0) is 11.8. The topological polar surface area (TPSA) is 0 Å². The first-order valence-electron chi connectivity index (χ1n) is 4.71. The van der Waals surface area contributed by atoms with Crippen molar-refractivity contribution in [3.05, 3.63) is 13.8 Å². The van der Waals surface area contributed by atoms with Crippen LogP contribution in [0.1, 0.15) is 0 Å². The van der Waals surface area contributed by atoms with Gasteiger partial charge in [0.1, 0.15) is 0 Å². The normalized spacial score (nSPS) is 8.38. The summed E-state index contributed by atoms with van der Waals surface area (Å²) >= 11 is 0. The van der Waals surface area contributed by atoms with Gasteiger partial charge in [-0.25, -0.2) is 0 Å². The average Bonchev–Trinajstić information content (AvgIpc) is 1.81. The van der Waals surface area contributed by atoms with E-state index in [1.165, 1.54) is 0 Å². The second kappa shape index (κ2) is 11.9. The van der Waals surface area contributed by atoms with Gasteiger partial charge >= 0.3 is 35.9 Å². The fraction of sp³-hybridized carbons (Fsp3) is 0.500. The molecule has 0 aliphatic heterocycles. The molecule has 0 saturated carbocycles. The van der Waals surface area contributed by atoms with Crippen LogP contribution in [0.15, 0.2) is 0 Å². The van der Waals surface area contributed by atoms with Gasteiger partial charge in [0.2, 0.25) is 0 Å². The van der Waals surface area contributed by atoms with Gasteiger partial charge in [0.25, 0.3) is 0 Å². The van der Waals surface area contributed by atoms with Crippen LogP contribution in [0.25, 0.3) is 0 Å². The van der Waals surface area contributed by atoms with Gasteiger partial charge in [0.15, 0.2) is 0 Å². The Labute approximate surface area is 127 Å². The van der Waals surface area contributed by atoms with E-state index in [4.69, 9.17) is 0 Å². The molecular weight excluding hydrogens is 271 g/mol. The van der Waals surface area contributed by atoms with Crippen LogP contribution in [0.2, 0.25) is 39.3 Å². The van der Waals surface area contributed by atoms with Crippen molar-refractivity contribution in [2.45, 2.75) is 39.3 Å². The van der Waals surface area contributed by atoms with Crippen LogP contribution in [0.3, 0.4) is 0 Å². The van der Waals surface area contributed by atoms with Crippen LogP contribution >= 0.6 is 0 Å². The first-order valence-corrected chi connectivity index (χ1v) is 11.7. The second-order valence-corrected chi connectivity index (χ2v) is 14.6. The first kappa shape index (κ1) is 25.3. The number of hydrogen-bond acceptors (Lipinski definition) is 0. The molecule has 0 spiro atoms. The molecule has 4 heteroatoms. The predicted molar refractivity (Wildman–Crippen MR) is 73.0 cm³/mol. The van der Waals surface area contributed by atoms with Crippen LogP contribution in [-0.2, 0) is 17.1 Å². The summed E-state index contributed by atoms with van der Waals surface area (Å²) in [5, 5.41) is 0. The fourth-order valence-electron chi connectivity index (χ4n) is 0.530. The van der Waals surface area contributed by atoms with E-state index in [0.717, 1.165) is 0 Å². The molecule has 0 radical (unpaired) electrons. The summed E-state index contributed by atoms with van der Waals surface area (Å²) in [7, 11) is -2.16. The van der Waals surface area contributed by atoms with E-state index < -0.39 is 16.1 Å². The van der Waals surface area contributed by atoms with Crippen molar-refractivity contribution in [2.75, 3.05) is 0 Å². The maximum Gasteiger partial charge on any atom is 1.00 e. The fourth-order valence-corrected chi connectivity index (χ4v) is 1.59. The van der Waals surface area contributed by atoms with Crippen molar-refractivity contribution in [3.63, 3.8) is 0 Å². The van der Waals surface area contributed by atoms with Gasteiger partial charge in [-0.3, -0.25) is 11.8 Å². The molecule has 0 nitrogen and oxygen atoms in total. The van der Waals surface area contributed by atoms with E-state index in [1.54, 1.807) is 0 Å². The smallest absolute Gasteiger partial charge is 0.333 e. The second-order valence-electron chi connectivity index (χ2n) is 5.10. The Balaban J connectivity index is -0.0000000800. The average molecular weight is 293 g/mol. The van der Waals surface area contributed by atoms with Crippen molar-refractivity contribution in [2.24, 2.45) is 0 Å². The van der Waals surface area contributed by atoms with Gasteiger partial charge in [0, 0.05) is 16.1 Å². The summed E-state index contributed by atoms with van der Waals surface area (Å²) in [5.41, 5.74) is 6.12. The van der Waals surface area contributed by atoms with E-state index in [0.29, 0.717) is 0 Å². The molecule has 90 valence electrons.